The predicted octanol–water partition coefficient (Wildman–Crippen LogP) is 3.66. The van der Waals surface area contributed by atoms with E-state index in [1.165, 1.54) is 35.8 Å². The number of aryl methyl sites for hydroxylation is 4. The fourth-order valence-electron chi connectivity index (χ4n) is 5.63. The van der Waals surface area contributed by atoms with Crippen LogP contribution >= 0.6 is 11.8 Å². The van der Waals surface area contributed by atoms with Crippen molar-refractivity contribution >= 4 is 46.0 Å². The molecular weight excluding hydrogens is 532 g/mol. The maximum absolute atomic E-state index is 14.4. The lowest BCUT2D eigenvalue weighted by molar-refractivity contribution is -0.150. The molecule has 4 atom stereocenters. The first-order valence-electron chi connectivity index (χ1n) is 13.3. The lowest BCUT2D eigenvalue weighted by Gasteiger charge is -2.37. The third-order valence-corrected chi connectivity index (χ3v) is 8.54. The van der Waals surface area contributed by atoms with Gasteiger partial charge in [-0.15, -0.1) is 0 Å². The molecule has 2 aliphatic heterocycles. The van der Waals surface area contributed by atoms with Crippen molar-refractivity contribution in [1.82, 2.24) is 0 Å². The first kappa shape index (κ1) is 29.8. The molecule has 214 valence electrons. The Bertz CT molecular complexity index is 1170. The van der Waals surface area contributed by atoms with Crippen LogP contribution in [0.3, 0.4) is 0 Å². The highest BCUT2D eigenvalue weighted by molar-refractivity contribution is 8.14. The van der Waals surface area contributed by atoms with E-state index < -0.39 is 42.1 Å². The molecule has 0 spiro atoms. The Morgan fingerprint density at radius 2 is 1.25 bits per heavy atom. The average molecular weight is 569 g/mol. The molecule has 0 aromatic heterocycles. The number of esters is 1. The summed E-state index contributed by atoms with van der Waals surface area (Å²) in [5.41, 5.74) is 4.39. The van der Waals surface area contributed by atoms with Crippen LogP contribution in [0.5, 0.6) is 0 Å². The van der Waals surface area contributed by atoms with Crippen molar-refractivity contribution in [3.63, 3.8) is 0 Å². The van der Waals surface area contributed by atoms with Crippen LogP contribution < -0.4 is 9.80 Å². The molecule has 40 heavy (non-hydrogen) atoms. The first-order valence-corrected chi connectivity index (χ1v) is 14.3. The largest absolute Gasteiger partial charge is 0.464 e. The Labute approximate surface area is 239 Å². The maximum atomic E-state index is 14.4. The van der Waals surface area contributed by atoms with Gasteiger partial charge in [0.05, 0.1) is 18.0 Å². The van der Waals surface area contributed by atoms with Crippen LogP contribution in [0.25, 0.3) is 0 Å². The third-order valence-electron chi connectivity index (χ3n) is 7.54. The van der Waals surface area contributed by atoms with Gasteiger partial charge in [-0.25, -0.2) is 4.79 Å². The maximum Gasteiger partial charge on any atom is 0.329 e. The number of carbonyl (C=O) groups is 4. The number of thioether (sulfide) groups is 1. The number of methoxy groups -OCH3 is 2. The van der Waals surface area contributed by atoms with Crippen molar-refractivity contribution in [3.8, 4) is 0 Å². The van der Waals surface area contributed by atoms with Crippen LogP contribution in [-0.4, -0.2) is 73.8 Å². The highest BCUT2D eigenvalue weighted by Crippen LogP contribution is 2.35. The lowest BCUT2D eigenvalue weighted by Crippen LogP contribution is -2.58. The zero-order valence-corrected chi connectivity index (χ0v) is 24.6. The van der Waals surface area contributed by atoms with E-state index >= 15 is 0 Å². The van der Waals surface area contributed by atoms with Gasteiger partial charge in [-0.3, -0.25) is 24.2 Å². The van der Waals surface area contributed by atoms with Crippen molar-refractivity contribution in [1.29, 1.82) is 0 Å². The normalized spacial score (nSPS) is 20.2. The molecule has 2 aliphatic rings. The molecule has 2 heterocycles. The summed E-state index contributed by atoms with van der Waals surface area (Å²) in [6.45, 7) is 7.66. The number of ether oxygens (including phenoxy) is 3. The van der Waals surface area contributed by atoms with E-state index in [9.17, 15) is 19.2 Å². The fourth-order valence-corrected chi connectivity index (χ4v) is 6.59. The van der Waals surface area contributed by atoms with E-state index in [1.54, 1.807) is 0 Å². The summed E-state index contributed by atoms with van der Waals surface area (Å²) in [5.74, 6) is -1.09. The molecule has 2 aromatic carbocycles. The molecule has 4 rings (SSSR count). The van der Waals surface area contributed by atoms with Gasteiger partial charge in [0.1, 0.15) is 12.1 Å². The molecule has 2 fully saturated rings. The van der Waals surface area contributed by atoms with Crippen LogP contribution in [-0.2, 0) is 33.4 Å². The van der Waals surface area contributed by atoms with Gasteiger partial charge in [0.15, 0.2) is 12.2 Å². The molecule has 2 aromatic rings. The number of para-hydroxylation sites is 2. The van der Waals surface area contributed by atoms with Crippen molar-refractivity contribution in [2.75, 3.05) is 36.4 Å². The summed E-state index contributed by atoms with van der Waals surface area (Å²) < 4.78 is 16.6. The summed E-state index contributed by atoms with van der Waals surface area (Å²) in [7, 11) is 2.67. The summed E-state index contributed by atoms with van der Waals surface area (Å²) in [6.07, 6.45) is -2.00. The molecule has 0 radical (unpaired) electrons. The quantitative estimate of drug-likeness (QED) is 0.423. The van der Waals surface area contributed by atoms with E-state index in [-0.39, 0.29) is 11.7 Å². The number of cyclic esters (lactones) is 1. The van der Waals surface area contributed by atoms with E-state index in [1.807, 2.05) is 64.1 Å². The van der Waals surface area contributed by atoms with Gasteiger partial charge in [-0.05, 0) is 56.4 Å². The SMILES string of the molecule is COC(C(=O)N(c1c(C)cccc1C)C1CCOC1=O)C(OC)C(=O)N(c1c(C)cccc1C)C1CCSC1=O. The Balaban J connectivity index is 1.80. The fraction of sp³-hybridized carbons (Fsp3) is 0.467. The summed E-state index contributed by atoms with van der Waals surface area (Å²) >= 11 is 1.19. The molecule has 4 unspecified atom stereocenters. The second-order valence-electron chi connectivity index (χ2n) is 10.2. The van der Waals surface area contributed by atoms with Crippen LogP contribution in [0.2, 0.25) is 0 Å². The minimum Gasteiger partial charge on any atom is -0.464 e. The molecule has 0 aliphatic carbocycles. The molecule has 0 bridgehead atoms. The number of rotatable bonds is 9. The highest BCUT2D eigenvalue weighted by atomic mass is 32.2. The first-order chi connectivity index (χ1) is 19.1. The standard InChI is InChI=1S/C30H36N2O7S/c1-17-9-7-10-18(2)23(17)31(21-13-15-39-29(21)35)27(33)25(37-5)26(38-6)28(34)32(22-14-16-40-30(22)36)24-19(3)11-8-12-20(24)4/h7-12,21-22,25-26H,13-16H2,1-6H3. The molecular formula is C30H36N2O7S. The van der Waals surface area contributed by atoms with Crippen LogP contribution in [0, 0.1) is 27.7 Å². The second kappa shape index (κ2) is 12.5. The van der Waals surface area contributed by atoms with Crippen molar-refractivity contribution in [3.05, 3.63) is 58.7 Å². The Hall–Kier alpha value is -3.21. The number of carbonyl (C=O) groups excluding carboxylic acids is 4. The van der Waals surface area contributed by atoms with Crippen molar-refractivity contribution in [2.24, 2.45) is 0 Å². The zero-order valence-electron chi connectivity index (χ0n) is 23.8. The van der Waals surface area contributed by atoms with E-state index in [4.69, 9.17) is 14.2 Å². The van der Waals surface area contributed by atoms with Crippen molar-refractivity contribution in [2.45, 2.75) is 64.8 Å². The minimum atomic E-state index is -1.40. The van der Waals surface area contributed by atoms with E-state index in [0.717, 1.165) is 22.3 Å². The van der Waals surface area contributed by atoms with Crippen molar-refractivity contribution < 1.29 is 33.4 Å². The van der Waals surface area contributed by atoms with E-state index in [0.29, 0.717) is 30.0 Å². The molecule has 10 heteroatoms. The van der Waals surface area contributed by atoms with Crippen LogP contribution in [0.1, 0.15) is 35.1 Å². The lowest BCUT2D eigenvalue weighted by atomic mass is 10.0. The number of nitrogens with zero attached hydrogens (tertiary/aromatic N) is 2. The van der Waals surface area contributed by atoms with Gasteiger partial charge >= 0.3 is 5.97 Å². The molecule has 2 amide bonds. The number of benzene rings is 2. The predicted molar refractivity (Wildman–Crippen MR) is 154 cm³/mol. The van der Waals surface area contributed by atoms with Gasteiger partial charge in [0.2, 0.25) is 5.12 Å². The molecule has 0 saturated carbocycles. The van der Waals surface area contributed by atoms with Gasteiger partial charge in [-0.2, -0.15) is 0 Å². The Kier molecular flexibility index (Phi) is 9.33. The zero-order chi connectivity index (χ0) is 29.1. The molecule has 2 saturated heterocycles. The Morgan fingerprint density at radius 3 is 1.60 bits per heavy atom. The minimum absolute atomic E-state index is 0.114. The summed E-state index contributed by atoms with van der Waals surface area (Å²) in [5, 5.41) is -0.114. The molecule has 0 N–H and O–H groups in total. The van der Waals surface area contributed by atoms with E-state index in [2.05, 4.69) is 0 Å². The second-order valence-corrected chi connectivity index (χ2v) is 11.3. The number of amides is 2. The van der Waals surface area contributed by atoms with Gasteiger partial charge in [-0.1, -0.05) is 48.2 Å². The number of hydrogen-bond acceptors (Lipinski definition) is 8. The van der Waals surface area contributed by atoms with Gasteiger partial charge in [0.25, 0.3) is 11.8 Å². The molecule has 9 nitrogen and oxygen atoms in total. The monoisotopic (exact) mass is 568 g/mol. The summed E-state index contributed by atoms with van der Waals surface area (Å²) in [4.78, 5) is 57.4. The topological polar surface area (TPSA) is 102 Å². The third kappa shape index (κ3) is 5.53. The number of hydrogen-bond donors (Lipinski definition) is 0. The van der Waals surface area contributed by atoms with Gasteiger partial charge < -0.3 is 14.2 Å². The Morgan fingerprint density at radius 1 is 0.800 bits per heavy atom. The number of anilines is 2. The summed E-state index contributed by atoms with van der Waals surface area (Å²) in [6, 6.07) is 9.65. The van der Waals surface area contributed by atoms with Crippen LogP contribution in [0.4, 0.5) is 11.4 Å². The van der Waals surface area contributed by atoms with Gasteiger partial charge in [0, 0.05) is 26.4 Å². The highest BCUT2D eigenvalue weighted by Gasteiger charge is 2.47. The smallest absolute Gasteiger partial charge is 0.329 e. The van der Waals surface area contributed by atoms with Crippen LogP contribution in [0.15, 0.2) is 36.4 Å². The average Bonchev–Trinajstić information content (AvgIpc) is 3.53.